The molecule has 1 fully saturated rings. The predicted molar refractivity (Wildman–Crippen MR) is 116 cm³/mol. The van der Waals surface area contributed by atoms with E-state index in [1.165, 1.54) is 23.2 Å². The third-order valence-corrected chi connectivity index (χ3v) is 5.76. The number of amides is 2. The van der Waals surface area contributed by atoms with E-state index in [9.17, 15) is 4.79 Å². The van der Waals surface area contributed by atoms with Crippen LogP contribution >= 0.6 is 0 Å². The standard InChI is InChI=1S/C22H37N5O/c1-22(2,3)24-21(28)23-16-20(27-13-11-25(4)12-14-27)18-8-9-19-17(15-18)7-6-10-26(19)5/h8-9,15,20H,6-7,10-14,16H2,1-5H3,(H2,23,24,28)/t20-/m0/s1. The van der Waals surface area contributed by atoms with E-state index in [4.69, 9.17) is 0 Å². The summed E-state index contributed by atoms with van der Waals surface area (Å²) in [5, 5.41) is 6.13. The van der Waals surface area contributed by atoms with Gasteiger partial charge in [-0.15, -0.1) is 0 Å². The van der Waals surface area contributed by atoms with Crippen molar-refractivity contribution in [2.75, 3.05) is 58.3 Å². The zero-order chi connectivity index (χ0) is 20.3. The van der Waals surface area contributed by atoms with Crippen molar-refractivity contribution in [1.29, 1.82) is 0 Å². The third kappa shape index (κ3) is 5.39. The predicted octanol–water partition coefficient (Wildman–Crippen LogP) is 2.46. The third-order valence-electron chi connectivity index (χ3n) is 5.76. The van der Waals surface area contributed by atoms with Crippen molar-refractivity contribution in [3.8, 4) is 0 Å². The van der Waals surface area contributed by atoms with Gasteiger partial charge in [-0.3, -0.25) is 4.90 Å². The van der Waals surface area contributed by atoms with Crippen LogP contribution in [-0.4, -0.2) is 74.7 Å². The van der Waals surface area contributed by atoms with Gasteiger partial charge in [0.2, 0.25) is 0 Å². The summed E-state index contributed by atoms with van der Waals surface area (Å²) in [4.78, 5) is 19.6. The van der Waals surface area contributed by atoms with Crippen molar-refractivity contribution >= 4 is 11.7 Å². The Balaban J connectivity index is 1.77. The fraction of sp³-hybridized carbons (Fsp3) is 0.682. The molecule has 2 heterocycles. The minimum absolute atomic E-state index is 0.0932. The number of fused-ring (bicyclic) bond motifs is 1. The number of aryl methyl sites for hydroxylation is 1. The Kier molecular flexibility index (Phi) is 6.50. The van der Waals surface area contributed by atoms with Crippen molar-refractivity contribution in [3.63, 3.8) is 0 Å². The maximum Gasteiger partial charge on any atom is 0.315 e. The molecule has 1 aromatic rings. The Morgan fingerprint density at radius 3 is 2.50 bits per heavy atom. The SMILES string of the molecule is CN1CCN([C@@H](CNC(=O)NC(C)(C)C)c2ccc3c(c2)CCCN3C)CC1. The van der Waals surface area contributed by atoms with Crippen LogP contribution in [0.1, 0.15) is 44.4 Å². The molecule has 28 heavy (non-hydrogen) atoms. The summed E-state index contributed by atoms with van der Waals surface area (Å²) in [6.07, 6.45) is 2.35. The smallest absolute Gasteiger partial charge is 0.315 e. The van der Waals surface area contributed by atoms with Gasteiger partial charge in [0.1, 0.15) is 0 Å². The van der Waals surface area contributed by atoms with E-state index in [1.807, 2.05) is 20.8 Å². The molecule has 1 saturated heterocycles. The van der Waals surface area contributed by atoms with E-state index in [0.717, 1.165) is 39.1 Å². The monoisotopic (exact) mass is 387 g/mol. The number of piperazine rings is 1. The molecule has 2 amide bonds. The molecule has 1 aromatic carbocycles. The maximum atomic E-state index is 12.3. The van der Waals surface area contributed by atoms with Crippen molar-refractivity contribution in [2.45, 2.75) is 45.2 Å². The van der Waals surface area contributed by atoms with Crippen molar-refractivity contribution in [1.82, 2.24) is 20.4 Å². The molecule has 0 radical (unpaired) electrons. The van der Waals surface area contributed by atoms with Gasteiger partial charge >= 0.3 is 6.03 Å². The van der Waals surface area contributed by atoms with Gasteiger partial charge in [0.05, 0.1) is 6.04 Å². The van der Waals surface area contributed by atoms with E-state index in [1.54, 1.807) is 0 Å². The number of likely N-dealkylation sites (N-methyl/N-ethyl adjacent to an activating group) is 1. The van der Waals surface area contributed by atoms with Crippen LogP contribution in [0.3, 0.4) is 0 Å². The second-order valence-electron chi connectivity index (χ2n) is 9.35. The Bertz CT molecular complexity index is 676. The Morgan fingerprint density at radius 1 is 1.11 bits per heavy atom. The van der Waals surface area contributed by atoms with Crippen molar-refractivity contribution < 1.29 is 4.79 Å². The second-order valence-corrected chi connectivity index (χ2v) is 9.35. The van der Waals surface area contributed by atoms with Gasteiger partial charge in [-0.2, -0.15) is 0 Å². The van der Waals surface area contributed by atoms with Gasteiger partial charge in [0.25, 0.3) is 0 Å². The highest BCUT2D eigenvalue weighted by atomic mass is 16.2. The first-order chi connectivity index (χ1) is 13.2. The molecule has 0 spiro atoms. The largest absolute Gasteiger partial charge is 0.374 e. The van der Waals surface area contributed by atoms with Gasteiger partial charge in [-0.1, -0.05) is 12.1 Å². The maximum absolute atomic E-state index is 12.3. The molecule has 0 bridgehead atoms. The number of hydrogen-bond acceptors (Lipinski definition) is 4. The highest BCUT2D eigenvalue weighted by molar-refractivity contribution is 5.74. The van der Waals surface area contributed by atoms with Crippen LogP contribution in [0.5, 0.6) is 0 Å². The summed E-state index contributed by atoms with van der Waals surface area (Å²) in [6, 6.07) is 7.01. The van der Waals surface area contributed by atoms with Crippen LogP contribution in [0.4, 0.5) is 10.5 Å². The van der Waals surface area contributed by atoms with Gasteiger partial charge in [0, 0.05) is 57.5 Å². The van der Waals surface area contributed by atoms with Crippen LogP contribution in [0, 0.1) is 0 Å². The lowest BCUT2D eigenvalue weighted by molar-refractivity contribution is 0.111. The van der Waals surface area contributed by atoms with E-state index < -0.39 is 0 Å². The van der Waals surface area contributed by atoms with Crippen LogP contribution in [0.2, 0.25) is 0 Å². The summed E-state index contributed by atoms with van der Waals surface area (Å²) in [5.41, 5.74) is 3.87. The number of nitrogens with one attached hydrogen (secondary N) is 2. The van der Waals surface area contributed by atoms with Crippen LogP contribution in [0.15, 0.2) is 18.2 Å². The minimum Gasteiger partial charge on any atom is -0.374 e. The Labute approximate surface area is 170 Å². The molecule has 2 aliphatic heterocycles. The summed E-state index contributed by atoms with van der Waals surface area (Å²) >= 11 is 0. The highest BCUT2D eigenvalue weighted by Gasteiger charge is 2.26. The second kappa shape index (κ2) is 8.70. The van der Waals surface area contributed by atoms with Crippen LogP contribution in [0.25, 0.3) is 0 Å². The average molecular weight is 388 g/mol. The summed E-state index contributed by atoms with van der Waals surface area (Å²) < 4.78 is 0. The molecule has 2 N–H and O–H groups in total. The van der Waals surface area contributed by atoms with E-state index in [0.29, 0.717) is 6.54 Å². The Hall–Kier alpha value is -1.79. The number of benzene rings is 1. The lowest BCUT2D eigenvalue weighted by Gasteiger charge is -2.39. The molecular weight excluding hydrogens is 350 g/mol. The van der Waals surface area contributed by atoms with Gasteiger partial charge < -0.3 is 20.4 Å². The van der Waals surface area contributed by atoms with Crippen LogP contribution < -0.4 is 15.5 Å². The van der Waals surface area contributed by atoms with Gasteiger partial charge in [-0.25, -0.2) is 4.79 Å². The number of urea groups is 1. The van der Waals surface area contributed by atoms with E-state index >= 15 is 0 Å². The first kappa shape index (κ1) is 20.9. The fourth-order valence-electron chi connectivity index (χ4n) is 4.18. The molecule has 0 aliphatic carbocycles. The lowest BCUT2D eigenvalue weighted by atomic mass is 9.95. The highest BCUT2D eigenvalue weighted by Crippen LogP contribution is 2.31. The number of nitrogens with zero attached hydrogens (tertiary/aromatic N) is 3. The normalized spacial score (nSPS) is 19.8. The quantitative estimate of drug-likeness (QED) is 0.833. The minimum atomic E-state index is -0.232. The summed E-state index contributed by atoms with van der Waals surface area (Å²) in [7, 11) is 4.35. The number of rotatable bonds is 4. The van der Waals surface area contributed by atoms with Crippen LogP contribution in [-0.2, 0) is 6.42 Å². The number of carbonyl (C=O) groups is 1. The molecular formula is C22H37N5O. The number of hydrogen-bond donors (Lipinski definition) is 2. The zero-order valence-electron chi connectivity index (χ0n) is 18.2. The molecule has 6 heteroatoms. The first-order valence-corrected chi connectivity index (χ1v) is 10.6. The fourth-order valence-corrected chi connectivity index (χ4v) is 4.18. The topological polar surface area (TPSA) is 50.9 Å². The molecule has 0 saturated carbocycles. The zero-order valence-corrected chi connectivity index (χ0v) is 18.2. The lowest BCUT2D eigenvalue weighted by Crippen LogP contribution is -2.51. The summed E-state index contributed by atoms with van der Waals surface area (Å²) in [6.45, 7) is 12.0. The summed E-state index contributed by atoms with van der Waals surface area (Å²) in [5.74, 6) is 0. The first-order valence-electron chi connectivity index (χ1n) is 10.6. The molecule has 3 rings (SSSR count). The Morgan fingerprint density at radius 2 is 1.82 bits per heavy atom. The van der Waals surface area contributed by atoms with Gasteiger partial charge in [0.15, 0.2) is 0 Å². The molecule has 0 unspecified atom stereocenters. The number of carbonyl (C=O) groups excluding carboxylic acids is 1. The molecule has 6 nitrogen and oxygen atoms in total. The molecule has 156 valence electrons. The van der Waals surface area contributed by atoms with Crippen molar-refractivity contribution in [3.05, 3.63) is 29.3 Å². The molecule has 1 atom stereocenters. The van der Waals surface area contributed by atoms with Crippen molar-refractivity contribution in [2.24, 2.45) is 0 Å². The molecule has 0 aromatic heterocycles. The van der Waals surface area contributed by atoms with E-state index in [2.05, 4.69) is 57.6 Å². The average Bonchev–Trinajstić information content (AvgIpc) is 2.62. The van der Waals surface area contributed by atoms with Gasteiger partial charge in [-0.05, 0) is 57.9 Å². The number of anilines is 1. The van der Waals surface area contributed by atoms with E-state index in [-0.39, 0.29) is 17.6 Å². The molecule has 2 aliphatic rings.